The van der Waals surface area contributed by atoms with Crippen LogP contribution in [0.4, 0.5) is 0 Å². The van der Waals surface area contributed by atoms with E-state index in [9.17, 15) is 10.2 Å². The van der Waals surface area contributed by atoms with Gasteiger partial charge in [-0.1, -0.05) is 25.3 Å². The van der Waals surface area contributed by atoms with Gasteiger partial charge < -0.3 is 20.3 Å². The minimum absolute atomic E-state index is 0.0300. The van der Waals surface area contributed by atoms with E-state index in [4.69, 9.17) is 4.74 Å². The molecule has 2 rings (SSSR count). The van der Waals surface area contributed by atoms with E-state index in [2.05, 4.69) is 5.32 Å². The number of rotatable bonds is 5. The van der Waals surface area contributed by atoms with Crippen molar-refractivity contribution < 1.29 is 14.9 Å². The molecule has 1 aliphatic carbocycles. The van der Waals surface area contributed by atoms with E-state index in [1.807, 2.05) is 6.07 Å². The maximum Gasteiger partial charge on any atom is 0.160 e. The van der Waals surface area contributed by atoms with E-state index in [1.165, 1.54) is 39.2 Å². The third-order valence-electron chi connectivity index (χ3n) is 3.83. The number of ether oxygens (including phenoxy) is 1. The molecule has 1 aromatic carbocycles. The summed E-state index contributed by atoms with van der Waals surface area (Å²) in [6.07, 6.45) is 6.15. The molecule has 0 spiro atoms. The zero-order valence-corrected chi connectivity index (χ0v) is 11.4. The molecule has 1 fully saturated rings. The number of nitrogens with one attached hydrogen (secondary N) is 1. The van der Waals surface area contributed by atoms with Gasteiger partial charge >= 0.3 is 0 Å². The van der Waals surface area contributed by atoms with Crippen molar-refractivity contribution in [3.05, 3.63) is 23.8 Å². The smallest absolute Gasteiger partial charge is 0.160 e. The Kier molecular flexibility index (Phi) is 5.05. The maximum absolute atomic E-state index is 9.81. The molecule has 1 saturated carbocycles. The van der Waals surface area contributed by atoms with Gasteiger partial charge in [0.2, 0.25) is 0 Å². The molecular weight excluding hydrogens is 242 g/mol. The standard InChI is InChI=1S/C15H23NO3/c1-19-15-8-7-11(9-14(15)18)13(10-17)16-12-5-3-2-4-6-12/h7-9,12-13,16-18H,2-6,10H2,1H3. The van der Waals surface area contributed by atoms with Crippen LogP contribution >= 0.6 is 0 Å². The Morgan fingerprint density at radius 2 is 2.05 bits per heavy atom. The summed E-state index contributed by atoms with van der Waals surface area (Å²) in [5.41, 5.74) is 0.895. The number of phenolic OH excluding ortho intramolecular Hbond substituents is 1. The Morgan fingerprint density at radius 3 is 2.63 bits per heavy atom. The highest BCUT2D eigenvalue weighted by molar-refractivity contribution is 5.42. The number of hydrogen-bond donors (Lipinski definition) is 3. The first-order valence-corrected chi connectivity index (χ1v) is 6.98. The van der Waals surface area contributed by atoms with Gasteiger partial charge in [0, 0.05) is 6.04 Å². The maximum atomic E-state index is 9.81. The van der Waals surface area contributed by atoms with Crippen LogP contribution in [0.25, 0.3) is 0 Å². The first-order valence-electron chi connectivity index (χ1n) is 6.98. The summed E-state index contributed by atoms with van der Waals surface area (Å²) in [4.78, 5) is 0. The molecule has 0 heterocycles. The number of hydrogen-bond acceptors (Lipinski definition) is 4. The van der Waals surface area contributed by atoms with Gasteiger partial charge in [0.1, 0.15) is 0 Å². The predicted octanol–water partition coefficient (Wildman–Crippen LogP) is 2.36. The Labute approximate surface area is 114 Å². The third kappa shape index (κ3) is 3.61. The molecule has 1 aromatic rings. The van der Waals surface area contributed by atoms with Gasteiger partial charge in [0.25, 0.3) is 0 Å². The van der Waals surface area contributed by atoms with Gasteiger partial charge in [-0.15, -0.1) is 0 Å². The lowest BCUT2D eigenvalue weighted by molar-refractivity contribution is 0.220. The summed E-state index contributed by atoms with van der Waals surface area (Å²) in [6, 6.07) is 5.62. The Morgan fingerprint density at radius 1 is 1.32 bits per heavy atom. The molecule has 0 saturated heterocycles. The van der Waals surface area contributed by atoms with Crippen molar-refractivity contribution in [1.29, 1.82) is 0 Å². The van der Waals surface area contributed by atoms with Gasteiger partial charge in [-0.05, 0) is 30.5 Å². The molecule has 1 unspecified atom stereocenters. The fourth-order valence-corrected chi connectivity index (χ4v) is 2.73. The Bertz CT molecular complexity index is 402. The Hall–Kier alpha value is -1.26. The molecule has 1 atom stereocenters. The quantitative estimate of drug-likeness (QED) is 0.765. The van der Waals surface area contributed by atoms with Gasteiger partial charge in [-0.2, -0.15) is 0 Å². The van der Waals surface area contributed by atoms with Crippen molar-refractivity contribution in [2.75, 3.05) is 13.7 Å². The van der Waals surface area contributed by atoms with Crippen molar-refractivity contribution in [2.24, 2.45) is 0 Å². The molecular formula is C15H23NO3. The molecule has 1 aliphatic rings. The van der Waals surface area contributed by atoms with E-state index in [0.29, 0.717) is 11.8 Å². The summed E-state index contributed by atoms with van der Waals surface area (Å²) >= 11 is 0. The molecule has 0 aromatic heterocycles. The van der Waals surface area contributed by atoms with Gasteiger partial charge in [0.15, 0.2) is 11.5 Å². The van der Waals surface area contributed by atoms with Gasteiger partial charge in [0.05, 0.1) is 19.8 Å². The topological polar surface area (TPSA) is 61.7 Å². The second kappa shape index (κ2) is 6.78. The number of methoxy groups -OCH3 is 1. The van der Waals surface area contributed by atoms with Crippen LogP contribution in [-0.4, -0.2) is 30.0 Å². The van der Waals surface area contributed by atoms with E-state index < -0.39 is 0 Å². The van der Waals surface area contributed by atoms with Crippen LogP contribution < -0.4 is 10.1 Å². The number of aromatic hydroxyl groups is 1. The van der Waals surface area contributed by atoms with Crippen molar-refractivity contribution in [3.63, 3.8) is 0 Å². The lowest BCUT2D eigenvalue weighted by Gasteiger charge is -2.28. The fraction of sp³-hybridized carbons (Fsp3) is 0.600. The summed E-state index contributed by atoms with van der Waals surface area (Å²) < 4.78 is 5.03. The molecule has 0 aliphatic heterocycles. The molecule has 0 bridgehead atoms. The van der Waals surface area contributed by atoms with Crippen LogP contribution in [-0.2, 0) is 0 Å². The van der Waals surface area contributed by atoms with Crippen LogP contribution in [0.5, 0.6) is 11.5 Å². The normalized spacial score (nSPS) is 18.2. The number of aliphatic hydroxyl groups is 1. The molecule has 0 radical (unpaired) electrons. The lowest BCUT2D eigenvalue weighted by atomic mass is 9.94. The first kappa shape index (κ1) is 14.2. The average Bonchev–Trinajstić information content (AvgIpc) is 2.46. The summed E-state index contributed by atoms with van der Waals surface area (Å²) in [7, 11) is 1.53. The molecule has 4 nitrogen and oxygen atoms in total. The number of benzene rings is 1. The van der Waals surface area contributed by atoms with E-state index in [1.54, 1.807) is 12.1 Å². The molecule has 4 heteroatoms. The average molecular weight is 265 g/mol. The summed E-state index contributed by atoms with van der Waals surface area (Å²) in [5, 5.41) is 22.8. The highest BCUT2D eigenvalue weighted by atomic mass is 16.5. The summed E-state index contributed by atoms with van der Waals surface area (Å²) in [5.74, 6) is 0.571. The molecule has 106 valence electrons. The van der Waals surface area contributed by atoms with Crippen molar-refractivity contribution in [2.45, 2.75) is 44.2 Å². The second-order valence-electron chi connectivity index (χ2n) is 5.17. The van der Waals surface area contributed by atoms with E-state index in [-0.39, 0.29) is 18.4 Å². The van der Waals surface area contributed by atoms with Crippen molar-refractivity contribution in [3.8, 4) is 11.5 Å². The van der Waals surface area contributed by atoms with Crippen LogP contribution in [0.15, 0.2) is 18.2 Å². The lowest BCUT2D eigenvalue weighted by Crippen LogP contribution is -2.36. The van der Waals surface area contributed by atoms with Crippen LogP contribution in [0.1, 0.15) is 43.7 Å². The third-order valence-corrected chi connectivity index (χ3v) is 3.83. The number of aliphatic hydroxyl groups excluding tert-OH is 1. The monoisotopic (exact) mass is 265 g/mol. The predicted molar refractivity (Wildman–Crippen MR) is 74.5 cm³/mol. The van der Waals surface area contributed by atoms with E-state index in [0.717, 1.165) is 5.56 Å². The minimum atomic E-state index is -0.125. The first-order chi connectivity index (χ1) is 9.24. The largest absolute Gasteiger partial charge is 0.504 e. The molecule has 0 amide bonds. The fourth-order valence-electron chi connectivity index (χ4n) is 2.73. The zero-order chi connectivity index (χ0) is 13.7. The highest BCUT2D eigenvalue weighted by Crippen LogP contribution is 2.29. The SMILES string of the molecule is COc1ccc(C(CO)NC2CCCCC2)cc1O. The number of phenols is 1. The second-order valence-corrected chi connectivity index (χ2v) is 5.17. The zero-order valence-electron chi connectivity index (χ0n) is 11.4. The Balaban J connectivity index is 2.05. The molecule has 19 heavy (non-hydrogen) atoms. The minimum Gasteiger partial charge on any atom is -0.504 e. The highest BCUT2D eigenvalue weighted by Gasteiger charge is 2.19. The van der Waals surface area contributed by atoms with Crippen molar-refractivity contribution in [1.82, 2.24) is 5.32 Å². The summed E-state index contributed by atoms with van der Waals surface area (Å²) in [6.45, 7) is 0.0300. The van der Waals surface area contributed by atoms with Crippen LogP contribution in [0.3, 0.4) is 0 Å². The van der Waals surface area contributed by atoms with Crippen LogP contribution in [0.2, 0.25) is 0 Å². The van der Waals surface area contributed by atoms with Gasteiger partial charge in [-0.25, -0.2) is 0 Å². The van der Waals surface area contributed by atoms with E-state index >= 15 is 0 Å². The van der Waals surface area contributed by atoms with Gasteiger partial charge in [-0.3, -0.25) is 0 Å². The molecule has 3 N–H and O–H groups in total. The van der Waals surface area contributed by atoms with Crippen molar-refractivity contribution >= 4 is 0 Å². The van der Waals surface area contributed by atoms with Crippen LogP contribution in [0, 0.1) is 0 Å².